The third-order valence-corrected chi connectivity index (χ3v) is 4.63. The summed E-state index contributed by atoms with van der Waals surface area (Å²) in [5, 5.41) is 13.8. The number of likely N-dealkylation sites (tertiary alicyclic amines) is 1. The number of carbonyl (C=O) groups excluding carboxylic acids is 1. The van der Waals surface area contributed by atoms with E-state index >= 15 is 0 Å². The van der Waals surface area contributed by atoms with Gasteiger partial charge in [-0.2, -0.15) is 0 Å². The first-order valence-corrected chi connectivity index (χ1v) is 9.24. The van der Waals surface area contributed by atoms with Gasteiger partial charge in [0.15, 0.2) is 0 Å². The molecule has 0 spiro atoms. The molecule has 1 aliphatic heterocycles. The number of hydrogen-bond donors (Lipinski definition) is 1. The minimum Gasteiger partial charge on any atom is -0.378 e. The molecule has 1 saturated heterocycles. The number of piperidine rings is 1. The molecular weight excluding hydrogens is 334 g/mol. The number of benzene rings is 1. The Morgan fingerprint density at radius 2 is 2.08 bits per heavy atom. The van der Waals surface area contributed by atoms with Crippen molar-refractivity contribution in [3.05, 3.63) is 33.9 Å². The van der Waals surface area contributed by atoms with Crippen LogP contribution in [0.1, 0.15) is 38.7 Å². The third kappa shape index (κ3) is 6.07. The highest BCUT2D eigenvalue weighted by atomic mass is 16.6. The zero-order valence-electron chi connectivity index (χ0n) is 15.9. The standard InChI is InChI=1S/C19H29N3O4/c1-14(2)13-26-16-7-10-21(11-8-16)12-9-19(23)20-17-5-4-6-18(15(17)3)22(24)25/h4-6,14,16H,7-13H2,1-3H3,(H,20,23). The Morgan fingerprint density at radius 1 is 1.38 bits per heavy atom. The molecular formula is C19H29N3O4. The summed E-state index contributed by atoms with van der Waals surface area (Å²) in [5.41, 5.74) is 1.00. The van der Waals surface area contributed by atoms with E-state index < -0.39 is 4.92 Å². The lowest BCUT2D eigenvalue weighted by Crippen LogP contribution is -2.38. The van der Waals surface area contributed by atoms with E-state index in [0.717, 1.165) is 32.5 Å². The minimum absolute atomic E-state index is 0.0197. The van der Waals surface area contributed by atoms with E-state index in [1.54, 1.807) is 19.1 Å². The Labute approximate surface area is 154 Å². The van der Waals surface area contributed by atoms with Crippen LogP contribution in [0.3, 0.4) is 0 Å². The maximum atomic E-state index is 12.2. The van der Waals surface area contributed by atoms with Gasteiger partial charge in [-0.3, -0.25) is 14.9 Å². The smallest absolute Gasteiger partial charge is 0.274 e. The third-order valence-electron chi connectivity index (χ3n) is 4.63. The van der Waals surface area contributed by atoms with E-state index in [-0.39, 0.29) is 11.6 Å². The number of nitro groups is 1. The van der Waals surface area contributed by atoms with Crippen LogP contribution in [0.5, 0.6) is 0 Å². The van der Waals surface area contributed by atoms with Crippen molar-refractivity contribution in [2.45, 2.75) is 46.1 Å². The zero-order valence-corrected chi connectivity index (χ0v) is 15.9. The van der Waals surface area contributed by atoms with Gasteiger partial charge in [0.05, 0.1) is 22.3 Å². The summed E-state index contributed by atoms with van der Waals surface area (Å²) in [6.07, 6.45) is 2.70. The van der Waals surface area contributed by atoms with E-state index in [2.05, 4.69) is 24.1 Å². The predicted molar refractivity (Wildman–Crippen MR) is 101 cm³/mol. The first kappa shape index (κ1) is 20.3. The Hall–Kier alpha value is -1.99. The van der Waals surface area contributed by atoms with Gasteiger partial charge >= 0.3 is 0 Å². The molecule has 0 radical (unpaired) electrons. The van der Waals surface area contributed by atoms with Gasteiger partial charge in [-0.15, -0.1) is 0 Å². The van der Waals surface area contributed by atoms with E-state index in [1.165, 1.54) is 6.07 Å². The van der Waals surface area contributed by atoms with Crippen LogP contribution in [0.25, 0.3) is 0 Å². The van der Waals surface area contributed by atoms with Crippen molar-refractivity contribution in [2.24, 2.45) is 5.92 Å². The number of amides is 1. The molecule has 26 heavy (non-hydrogen) atoms. The van der Waals surface area contributed by atoms with Crippen molar-refractivity contribution in [1.82, 2.24) is 4.90 Å². The number of rotatable bonds is 8. The lowest BCUT2D eigenvalue weighted by atomic mass is 10.1. The average Bonchev–Trinajstić information content (AvgIpc) is 2.60. The fourth-order valence-electron chi connectivity index (χ4n) is 3.06. The molecule has 0 saturated carbocycles. The van der Waals surface area contributed by atoms with Crippen molar-refractivity contribution in [3.8, 4) is 0 Å². The van der Waals surface area contributed by atoms with Crippen molar-refractivity contribution in [2.75, 3.05) is 31.6 Å². The molecule has 0 bridgehead atoms. The van der Waals surface area contributed by atoms with Gasteiger partial charge in [0.2, 0.25) is 5.91 Å². The van der Waals surface area contributed by atoms with Crippen LogP contribution < -0.4 is 5.32 Å². The molecule has 1 amide bonds. The maximum absolute atomic E-state index is 12.2. The number of ether oxygens (including phenoxy) is 1. The number of anilines is 1. The zero-order chi connectivity index (χ0) is 19.1. The largest absolute Gasteiger partial charge is 0.378 e. The van der Waals surface area contributed by atoms with E-state index in [1.807, 2.05) is 0 Å². The normalized spacial score (nSPS) is 16.0. The summed E-state index contributed by atoms with van der Waals surface area (Å²) < 4.78 is 5.88. The second-order valence-electron chi connectivity index (χ2n) is 7.27. The summed E-state index contributed by atoms with van der Waals surface area (Å²) in [6.45, 7) is 9.31. The van der Waals surface area contributed by atoms with Crippen LogP contribution in [0.2, 0.25) is 0 Å². The van der Waals surface area contributed by atoms with Gasteiger partial charge in [-0.1, -0.05) is 19.9 Å². The van der Waals surface area contributed by atoms with E-state index in [4.69, 9.17) is 4.74 Å². The molecule has 1 heterocycles. The highest BCUT2D eigenvalue weighted by Gasteiger charge is 2.21. The van der Waals surface area contributed by atoms with Gasteiger partial charge in [-0.05, 0) is 31.7 Å². The highest BCUT2D eigenvalue weighted by Crippen LogP contribution is 2.25. The molecule has 7 heteroatoms. The number of nitro benzene ring substituents is 1. The number of nitrogens with one attached hydrogen (secondary N) is 1. The summed E-state index contributed by atoms with van der Waals surface area (Å²) in [4.78, 5) is 25.0. The van der Waals surface area contributed by atoms with Gasteiger partial charge in [0, 0.05) is 38.7 Å². The van der Waals surface area contributed by atoms with Crippen molar-refractivity contribution in [1.29, 1.82) is 0 Å². The van der Waals surface area contributed by atoms with Crippen molar-refractivity contribution in [3.63, 3.8) is 0 Å². The van der Waals surface area contributed by atoms with Crippen LogP contribution in [-0.2, 0) is 9.53 Å². The quantitative estimate of drug-likeness (QED) is 0.565. The molecule has 2 rings (SSSR count). The average molecular weight is 363 g/mol. The van der Waals surface area contributed by atoms with Crippen LogP contribution in [-0.4, -0.2) is 48.1 Å². The monoisotopic (exact) mass is 363 g/mol. The molecule has 7 nitrogen and oxygen atoms in total. The molecule has 0 atom stereocenters. The molecule has 144 valence electrons. The number of hydrogen-bond acceptors (Lipinski definition) is 5. The van der Waals surface area contributed by atoms with Gasteiger partial charge in [-0.25, -0.2) is 0 Å². The molecule has 1 aromatic rings. The van der Waals surface area contributed by atoms with Gasteiger partial charge in [0.25, 0.3) is 5.69 Å². The number of carbonyl (C=O) groups is 1. The summed E-state index contributed by atoms with van der Waals surface area (Å²) in [7, 11) is 0. The van der Waals surface area contributed by atoms with Crippen LogP contribution in [0.4, 0.5) is 11.4 Å². The SMILES string of the molecule is Cc1c(NC(=O)CCN2CCC(OCC(C)C)CC2)cccc1[N+](=O)[O-]. The molecule has 1 fully saturated rings. The van der Waals surface area contributed by atoms with Gasteiger partial charge in [0.1, 0.15) is 0 Å². The van der Waals surface area contributed by atoms with Crippen LogP contribution in [0.15, 0.2) is 18.2 Å². The minimum atomic E-state index is -0.434. The topological polar surface area (TPSA) is 84.7 Å². The lowest BCUT2D eigenvalue weighted by molar-refractivity contribution is -0.385. The first-order chi connectivity index (χ1) is 12.4. The molecule has 1 N–H and O–H groups in total. The van der Waals surface area contributed by atoms with Crippen molar-refractivity contribution >= 4 is 17.3 Å². The fraction of sp³-hybridized carbons (Fsp3) is 0.632. The molecule has 1 aliphatic rings. The van der Waals surface area contributed by atoms with Gasteiger partial charge < -0.3 is 15.0 Å². The molecule has 0 aliphatic carbocycles. The molecule has 1 aromatic carbocycles. The van der Waals surface area contributed by atoms with Crippen molar-refractivity contribution < 1.29 is 14.5 Å². The summed E-state index contributed by atoms with van der Waals surface area (Å²) >= 11 is 0. The predicted octanol–water partition coefficient (Wildman–Crippen LogP) is 3.37. The Morgan fingerprint density at radius 3 is 2.69 bits per heavy atom. The second kappa shape index (κ2) is 9.64. The van der Waals surface area contributed by atoms with E-state index in [9.17, 15) is 14.9 Å². The Kier molecular flexibility index (Phi) is 7.53. The Bertz CT molecular complexity index is 625. The summed E-state index contributed by atoms with van der Waals surface area (Å²) in [5.74, 6) is 0.431. The molecule has 0 aromatic heterocycles. The first-order valence-electron chi connectivity index (χ1n) is 9.24. The van der Waals surface area contributed by atoms with Crippen LogP contribution >= 0.6 is 0 Å². The highest BCUT2D eigenvalue weighted by molar-refractivity contribution is 5.92. The van der Waals surface area contributed by atoms with E-state index in [0.29, 0.717) is 36.2 Å². The second-order valence-corrected chi connectivity index (χ2v) is 7.27. The fourth-order valence-corrected chi connectivity index (χ4v) is 3.06. The Balaban J connectivity index is 1.75. The molecule has 0 unspecified atom stereocenters. The van der Waals surface area contributed by atoms with Crippen LogP contribution in [0, 0.1) is 23.0 Å². The number of nitrogens with zero attached hydrogens (tertiary/aromatic N) is 2. The lowest BCUT2D eigenvalue weighted by Gasteiger charge is -2.32. The maximum Gasteiger partial charge on any atom is 0.274 e. The summed E-state index contributed by atoms with van der Waals surface area (Å²) in [6, 6.07) is 4.72.